The number of aryl methyl sites for hydroxylation is 1. The highest BCUT2D eigenvalue weighted by Crippen LogP contribution is 2.35. The normalized spacial score (nSPS) is 14.9. The molecule has 0 saturated heterocycles. The number of thiazole rings is 1. The Balaban J connectivity index is 1.53. The molecule has 0 aliphatic carbocycles. The lowest BCUT2D eigenvalue weighted by Gasteiger charge is -2.17. The van der Waals surface area contributed by atoms with E-state index in [1.54, 1.807) is 24.3 Å². The van der Waals surface area contributed by atoms with Crippen LogP contribution in [0.2, 0.25) is 0 Å². The number of para-hydroxylation sites is 1. The Morgan fingerprint density at radius 3 is 2.58 bits per heavy atom. The second-order valence-corrected chi connectivity index (χ2v) is 8.82. The molecule has 0 unspecified atom stereocenters. The maximum atomic E-state index is 13.4. The van der Waals surface area contributed by atoms with E-state index in [2.05, 4.69) is 15.4 Å². The number of carbonyl (C=O) groups excluding carboxylic acids is 2. The van der Waals surface area contributed by atoms with Crippen molar-refractivity contribution in [3.8, 4) is 0 Å². The summed E-state index contributed by atoms with van der Waals surface area (Å²) in [5, 5.41) is 6.32. The molecule has 2 amide bonds. The van der Waals surface area contributed by atoms with Crippen molar-refractivity contribution in [2.45, 2.75) is 13.1 Å². The summed E-state index contributed by atoms with van der Waals surface area (Å²) >= 11 is 0.824. The van der Waals surface area contributed by atoms with Gasteiger partial charge in [-0.15, -0.1) is 0 Å². The number of alkyl halides is 3. The molecule has 3 heterocycles. The summed E-state index contributed by atoms with van der Waals surface area (Å²) in [5.74, 6) is -1.39. The monoisotopic (exact) mass is 513 g/mol. The van der Waals surface area contributed by atoms with E-state index in [4.69, 9.17) is 0 Å². The van der Waals surface area contributed by atoms with Crippen molar-refractivity contribution in [3.63, 3.8) is 0 Å². The van der Waals surface area contributed by atoms with Crippen LogP contribution in [0.3, 0.4) is 0 Å². The number of amides is 2. The number of hydrogen-bond acceptors (Lipinski definition) is 7. The first-order valence-electron chi connectivity index (χ1n) is 10.4. The molecule has 2 aromatic carbocycles. The molecule has 1 N–H and O–H groups in total. The smallest absolute Gasteiger partial charge is 0.325 e. The van der Waals surface area contributed by atoms with Gasteiger partial charge in [-0.1, -0.05) is 35.6 Å². The summed E-state index contributed by atoms with van der Waals surface area (Å²) in [4.78, 5) is 56.0. The van der Waals surface area contributed by atoms with Gasteiger partial charge in [0, 0.05) is 11.3 Å². The number of carbonyl (C=O) groups is 2. The van der Waals surface area contributed by atoms with E-state index in [-0.39, 0.29) is 26.4 Å². The zero-order valence-electron chi connectivity index (χ0n) is 18.3. The van der Waals surface area contributed by atoms with Crippen LogP contribution in [0, 0.1) is 6.92 Å². The largest absolute Gasteiger partial charge is 0.416 e. The van der Waals surface area contributed by atoms with Crippen LogP contribution >= 0.6 is 11.3 Å². The lowest BCUT2D eigenvalue weighted by Crippen LogP contribution is -2.37. The van der Waals surface area contributed by atoms with E-state index in [9.17, 15) is 32.3 Å². The quantitative estimate of drug-likeness (QED) is 0.447. The van der Waals surface area contributed by atoms with Crippen molar-refractivity contribution >= 4 is 45.1 Å². The lowest BCUT2D eigenvalue weighted by atomic mass is 10.1. The van der Waals surface area contributed by atoms with E-state index < -0.39 is 41.2 Å². The van der Waals surface area contributed by atoms with E-state index in [1.807, 2.05) is 0 Å². The van der Waals surface area contributed by atoms with Crippen molar-refractivity contribution in [1.29, 1.82) is 0 Å². The molecule has 0 saturated carbocycles. The number of anilines is 2. The molecule has 2 aromatic heterocycles. The molecule has 5 rings (SSSR count). The zero-order valence-corrected chi connectivity index (χ0v) is 19.1. The van der Waals surface area contributed by atoms with Crippen LogP contribution in [-0.4, -0.2) is 33.0 Å². The fourth-order valence-electron chi connectivity index (χ4n) is 3.81. The maximum Gasteiger partial charge on any atom is 0.416 e. The van der Waals surface area contributed by atoms with Crippen LogP contribution in [0.15, 0.2) is 58.1 Å². The van der Waals surface area contributed by atoms with Crippen molar-refractivity contribution in [2.75, 3.05) is 16.8 Å². The van der Waals surface area contributed by atoms with Gasteiger partial charge in [-0.25, -0.2) is 0 Å². The Bertz CT molecular complexity index is 1750. The molecule has 0 bridgehead atoms. The highest BCUT2D eigenvalue weighted by Gasteiger charge is 2.35. The average Bonchev–Trinajstić information content (AvgIpc) is 3.27. The third-order valence-electron chi connectivity index (χ3n) is 5.44. The Kier molecular flexibility index (Phi) is 5.43. The van der Waals surface area contributed by atoms with Crippen molar-refractivity contribution in [1.82, 2.24) is 14.6 Å². The molecule has 0 atom stereocenters. The molecule has 0 radical (unpaired) electrons. The Labute approximate surface area is 203 Å². The molecule has 36 heavy (non-hydrogen) atoms. The number of hydrogen-bond donors (Lipinski definition) is 1. The van der Waals surface area contributed by atoms with Gasteiger partial charge in [0.05, 0.1) is 16.8 Å². The molecule has 4 aromatic rings. The van der Waals surface area contributed by atoms with Crippen LogP contribution in [0.4, 0.5) is 24.5 Å². The number of rotatable bonds is 3. The Hall–Kier alpha value is -4.39. The highest BCUT2D eigenvalue weighted by molar-refractivity contribution is 7.15. The number of aromatic nitrogens is 3. The van der Waals surface area contributed by atoms with Gasteiger partial charge in [0.2, 0.25) is 10.9 Å². The molecule has 13 heteroatoms. The fraction of sp³-hybridized carbons (Fsp3) is 0.130. The lowest BCUT2D eigenvalue weighted by molar-refractivity contribution is -0.137. The van der Waals surface area contributed by atoms with Gasteiger partial charge in [-0.05, 0) is 31.2 Å². The highest BCUT2D eigenvalue weighted by atomic mass is 32.1. The van der Waals surface area contributed by atoms with Gasteiger partial charge in [-0.3, -0.25) is 24.1 Å². The fourth-order valence-corrected chi connectivity index (χ4v) is 4.81. The first kappa shape index (κ1) is 23.4. The van der Waals surface area contributed by atoms with Crippen LogP contribution in [0.5, 0.6) is 0 Å². The molecule has 182 valence electrons. The SMILES string of the molecule is Cc1nn2c(=O)c(=C3C(=O)N(CC(=O)Nc4cccc(C(F)(F)F)c4)c4ccccc43)sc2nc1=O. The summed E-state index contributed by atoms with van der Waals surface area (Å²) in [5.41, 5.74) is -1.48. The summed E-state index contributed by atoms with van der Waals surface area (Å²) < 4.78 is 39.9. The van der Waals surface area contributed by atoms with Crippen LogP contribution in [0.1, 0.15) is 16.8 Å². The van der Waals surface area contributed by atoms with E-state index in [0.29, 0.717) is 11.3 Å². The molecule has 0 spiro atoms. The summed E-state index contributed by atoms with van der Waals surface area (Å²) in [6, 6.07) is 10.6. The molecule has 0 fully saturated rings. The summed E-state index contributed by atoms with van der Waals surface area (Å²) in [6.07, 6.45) is -4.58. The summed E-state index contributed by atoms with van der Waals surface area (Å²) in [6.45, 7) is 0.897. The molecular weight excluding hydrogens is 499 g/mol. The standard InChI is InChI=1S/C23H14F3N5O4S/c1-11-19(33)28-22-31(29-11)21(35)18(36-22)17-14-7-2-3-8-15(14)30(20(17)34)10-16(32)27-13-6-4-5-12(9-13)23(24,25)26/h2-9H,10H2,1H3,(H,27,32). The molecule has 9 nitrogen and oxygen atoms in total. The van der Waals surface area contributed by atoms with E-state index in [1.165, 1.54) is 13.0 Å². The topological polar surface area (TPSA) is 114 Å². The number of nitrogens with zero attached hydrogens (tertiary/aromatic N) is 4. The van der Waals surface area contributed by atoms with Crippen molar-refractivity contribution in [3.05, 3.63) is 90.6 Å². The molecule has 1 aliphatic heterocycles. The van der Waals surface area contributed by atoms with Crippen LogP contribution in [-0.2, 0) is 15.8 Å². The Morgan fingerprint density at radius 1 is 1.08 bits per heavy atom. The molecular formula is C23H14F3N5O4S. The number of halogens is 3. The van der Waals surface area contributed by atoms with Gasteiger partial charge in [0.25, 0.3) is 17.0 Å². The summed E-state index contributed by atoms with van der Waals surface area (Å²) in [7, 11) is 0. The number of nitrogens with one attached hydrogen (secondary N) is 1. The van der Waals surface area contributed by atoms with Crippen LogP contribution < -0.4 is 25.9 Å². The average molecular weight is 513 g/mol. The first-order valence-corrected chi connectivity index (χ1v) is 11.2. The zero-order chi connectivity index (χ0) is 25.8. The minimum atomic E-state index is -4.58. The van der Waals surface area contributed by atoms with Crippen molar-refractivity contribution in [2.24, 2.45) is 0 Å². The van der Waals surface area contributed by atoms with Gasteiger partial charge >= 0.3 is 6.18 Å². The number of fused-ring (bicyclic) bond motifs is 2. The minimum absolute atomic E-state index is 0.00163. The molecule has 1 aliphatic rings. The van der Waals surface area contributed by atoms with Crippen molar-refractivity contribution < 1.29 is 22.8 Å². The van der Waals surface area contributed by atoms with Gasteiger partial charge in [0.1, 0.15) is 16.8 Å². The third-order valence-corrected chi connectivity index (χ3v) is 6.47. The van der Waals surface area contributed by atoms with E-state index in [0.717, 1.165) is 39.0 Å². The second kappa shape index (κ2) is 8.37. The van der Waals surface area contributed by atoms with Gasteiger partial charge in [-0.2, -0.15) is 27.8 Å². The van der Waals surface area contributed by atoms with Gasteiger partial charge in [0.15, 0.2) is 0 Å². The minimum Gasteiger partial charge on any atom is -0.325 e. The van der Waals surface area contributed by atoms with Gasteiger partial charge < -0.3 is 5.32 Å². The predicted molar refractivity (Wildman–Crippen MR) is 125 cm³/mol. The maximum absolute atomic E-state index is 13.4. The van der Waals surface area contributed by atoms with Crippen LogP contribution in [0.25, 0.3) is 10.5 Å². The third kappa shape index (κ3) is 3.92. The predicted octanol–water partition coefficient (Wildman–Crippen LogP) is 1.74. The number of benzene rings is 2. The first-order chi connectivity index (χ1) is 17.0. The Morgan fingerprint density at radius 2 is 1.83 bits per heavy atom. The van der Waals surface area contributed by atoms with E-state index >= 15 is 0 Å². The second-order valence-electron chi connectivity index (χ2n) is 7.84.